The van der Waals surface area contributed by atoms with Crippen LogP contribution in [0.25, 0.3) is 0 Å². The number of carboxylic acids is 1. The Morgan fingerprint density at radius 1 is 1.47 bits per heavy atom. The van der Waals surface area contributed by atoms with E-state index in [1.165, 1.54) is 0 Å². The maximum atomic E-state index is 10.9. The van der Waals surface area contributed by atoms with Crippen LogP contribution >= 0.6 is 0 Å². The molecule has 1 unspecified atom stereocenters. The van der Waals surface area contributed by atoms with Crippen LogP contribution < -0.4 is 10.1 Å². The molecule has 0 aromatic heterocycles. The van der Waals surface area contributed by atoms with Crippen LogP contribution in [0, 0.1) is 0 Å². The lowest BCUT2D eigenvalue weighted by Gasteiger charge is -2.14. The highest BCUT2D eigenvalue weighted by atomic mass is 16.5. The van der Waals surface area contributed by atoms with Crippen molar-refractivity contribution in [3.63, 3.8) is 0 Å². The van der Waals surface area contributed by atoms with Gasteiger partial charge >= 0.3 is 5.97 Å². The Labute approximate surface area is 113 Å². The number of hydrogen-bond acceptors (Lipinski definition) is 4. The van der Waals surface area contributed by atoms with Crippen molar-refractivity contribution in [3.8, 4) is 5.75 Å². The first-order valence-corrected chi connectivity index (χ1v) is 6.47. The normalized spacial score (nSPS) is 12.1. The van der Waals surface area contributed by atoms with Gasteiger partial charge in [0.1, 0.15) is 5.75 Å². The SMILES string of the molecule is CCC(Oc1cccc(CNCCCO)c1)C(=O)O. The van der Waals surface area contributed by atoms with Crippen molar-refractivity contribution >= 4 is 5.97 Å². The van der Waals surface area contributed by atoms with Gasteiger partial charge < -0.3 is 20.3 Å². The van der Waals surface area contributed by atoms with Gasteiger partial charge in [0.15, 0.2) is 6.10 Å². The van der Waals surface area contributed by atoms with Crippen molar-refractivity contribution in [2.75, 3.05) is 13.2 Å². The quantitative estimate of drug-likeness (QED) is 0.589. The molecule has 0 amide bonds. The van der Waals surface area contributed by atoms with Gasteiger partial charge in [-0.1, -0.05) is 19.1 Å². The fraction of sp³-hybridized carbons (Fsp3) is 0.500. The molecule has 3 N–H and O–H groups in total. The summed E-state index contributed by atoms with van der Waals surface area (Å²) in [6.07, 6.45) is 0.333. The number of carbonyl (C=O) groups is 1. The second-order valence-corrected chi connectivity index (χ2v) is 4.25. The molecular weight excluding hydrogens is 246 g/mol. The van der Waals surface area contributed by atoms with Gasteiger partial charge in [-0.3, -0.25) is 0 Å². The van der Waals surface area contributed by atoms with E-state index < -0.39 is 12.1 Å². The van der Waals surface area contributed by atoms with Crippen LogP contribution in [0.1, 0.15) is 25.3 Å². The largest absolute Gasteiger partial charge is 0.479 e. The van der Waals surface area contributed by atoms with E-state index in [0.29, 0.717) is 25.1 Å². The van der Waals surface area contributed by atoms with E-state index in [1.54, 1.807) is 13.0 Å². The minimum atomic E-state index is -0.950. The molecule has 106 valence electrons. The fourth-order valence-corrected chi connectivity index (χ4v) is 1.64. The molecule has 19 heavy (non-hydrogen) atoms. The molecular formula is C14H21NO4. The van der Waals surface area contributed by atoms with E-state index in [0.717, 1.165) is 12.1 Å². The number of aliphatic hydroxyl groups is 1. The fourth-order valence-electron chi connectivity index (χ4n) is 1.64. The van der Waals surface area contributed by atoms with Crippen molar-refractivity contribution < 1.29 is 19.7 Å². The van der Waals surface area contributed by atoms with Gasteiger partial charge in [0.25, 0.3) is 0 Å². The number of nitrogens with one attached hydrogen (secondary N) is 1. The van der Waals surface area contributed by atoms with Crippen molar-refractivity contribution in [1.82, 2.24) is 5.32 Å². The van der Waals surface area contributed by atoms with E-state index in [9.17, 15) is 4.79 Å². The minimum absolute atomic E-state index is 0.174. The highest BCUT2D eigenvalue weighted by Crippen LogP contribution is 2.16. The predicted molar refractivity (Wildman–Crippen MR) is 72.2 cm³/mol. The second-order valence-electron chi connectivity index (χ2n) is 4.25. The molecule has 1 rings (SSSR count). The molecule has 1 aromatic rings. The molecule has 0 saturated carbocycles. The Balaban J connectivity index is 2.53. The first-order chi connectivity index (χ1) is 9.17. The van der Waals surface area contributed by atoms with Crippen LogP contribution in [0.15, 0.2) is 24.3 Å². The molecule has 1 aromatic carbocycles. The number of benzene rings is 1. The summed E-state index contributed by atoms with van der Waals surface area (Å²) in [6.45, 7) is 3.36. The summed E-state index contributed by atoms with van der Waals surface area (Å²) in [7, 11) is 0. The van der Waals surface area contributed by atoms with Crippen molar-refractivity contribution in [2.45, 2.75) is 32.4 Å². The molecule has 0 aliphatic heterocycles. The Kier molecular flexibility index (Phi) is 6.92. The molecule has 5 heteroatoms. The summed E-state index contributed by atoms with van der Waals surface area (Å²) in [6, 6.07) is 7.37. The van der Waals surface area contributed by atoms with Gasteiger partial charge in [0.2, 0.25) is 0 Å². The predicted octanol–water partition coefficient (Wildman–Crippen LogP) is 1.40. The van der Waals surface area contributed by atoms with Gasteiger partial charge in [-0.25, -0.2) is 4.79 Å². The van der Waals surface area contributed by atoms with Crippen LogP contribution in [-0.2, 0) is 11.3 Å². The monoisotopic (exact) mass is 267 g/mol. The number of ether oxygens (including phenoxy) is 1. The Morgan fingerprint density at radius 3 is 2.89 bits per heavy atom. The zero-order valence-corrected chi connectivity index (χ0v) is 11.1. The van der Waals surface area contributed by atoms with E-state index in [1.807, 2.05) is 18.2 Å². The lowest BCUT2D eigenvalue weighted by molar-refractivity contribution is -0.145. The highest BCUT2D eigenvalue weighted by molar-refractivity contribution is 5.72. The standard InChI is InChI=1S/C14H21NO4/c1-2-13(14(17)18)19-12-6-3-5-11(9-12)10-15-7-4-8-16/h3,5-6,9,13,15-16H,2,4,7-8,10H2,1H3,(H,17,18). The van der Waals surface area contributed by atoms with Crippen molar-refractivity contribution in [1.29, 1.82) is 0 Å². The first-order valence-electron chi connectivity index (χ1n) is 6.47. The van der Waals surface area contributed by atoms with Crippen molar-refractivity contribution in [3.05, 3.63) is 29.8 Å². The van der Waals surface area contributed by atoms with E-state index in [4.69, 9.17) is 14.9 Å². The average Bonchev–Trinajstić information content (AvgIpc) is 2.41. The molecule has 0 aliphatic rings. The molecule has 0 heterocycles. The Hall–Kier alpha value is -1.59. The average molecular weight is 267 g/mol. The van der Waals surface area contributed by atoms with Gasteiger partial charge in [-0.15, -0.1) is 0 Å². The first kappa shape index (κ1) is 15.5. The number of aliphatic carboxylic acids is 1. The van der Waals surface area contributed by atoms with Crippen LogP contribution in [-0.4, -0.2) is 35.4 Å². The summed E-state index contributed by atoms with van der Waals surface area (Å²) in [5.41, 5.74) is 1.02. The molecule has 0 fully saturated rings. The number of rotatable bonds is 9. The summed E-state index contributed by atoms with van der Waals surface area (Å²) in [4.78, 5) is 10.9. The van der Waals surface area contributed by atoms with Crippen LogP contribution in [0.2, 0.25) is 0 Å². The molecule has 0 radical (unpaired) electrons. The summed E-state index contributed by atoms with van der Waals surface area (Å²) >= 11 is 0. The zero-order valence-electron chi connectivity index (χ0n) is 11.1. The second kappa shape index (κ2) is 8.50. The summed E-state index contributed by atoms with van der Waals surface area (Å²) in [5, 5.41) is 20.8. The molecule has 0 aliphatic carbocycles. The zero-order chi connectivity index (χ0) is 14.1. The third-order valence-electron chi connectivity index (χ3n) is 2.66. The maximum absolute atomic E-state index is 10.9. The summed E-state index contributed by atoms with van der Waals surface area (Å²) < 4.78 is 5.43. The lowest BCUT2D eigenvalue weighted by Crippen LogP contribution is -2.26. The van der Waals surface area contributed by atoms with E-state index >= 15 is 0 Å². The van der Waals surface area contributed by atoms with E-state index in [2.05, 4.69) is 5.32 Å². The molecule has 1 atom stereocenters. The maximum Gasteiger partial charge on any atom is 0.344 e. The van der Waals surface area contributed by atoms with Gasteiger partial charge in [-0.2, -0.15) is 0 Å². The number of aliphatic hydroxyl groups excluding tert-OH is 1. The van der Waals surface area contributed by atoms with Crippen LogP contribution in [0.3, 0.4) is 0 Å². The number of carboxylic acid groups (broad SMARTS) is 1. The van der Waals surface area contributed by atoms with Gasteiger partial charge in [0, 0.05) is 13.2 Å². The van der Waals surface area contributed by atoms with Gasteiger partial charge in [-0.05, 0) is 37.1 Å². The third kappa shape index (κ3) is 5.72. The minimum Gasteiger partial charge on any atom is -0.479 e. The number of hydrogen-bond donors (Lipinski definition) is 3. The van der Waals surface area contributed by atoms with Crippen molar-refractivity contribution in [2.24, 2.45) is 0 Å². The molecule has 0 spiro atoms. The van der Waals surface area contributed by atoms with Crippen LogP contribution in [0.5, 0.6) is 5.75 Å². The van der Waals surface area contributed by atoms with Crippen LogP contribution in [0.4, 0.5) is 0 Å². The molecule has 5 nitrogen and oxygen atoms in total. The Bertz CT molecular complexity index is 395. The topological polar surface area (TPSA) is 78.8 Å². The molecule has 0 bridgehead atoms. The summed E-state index contributed by atoms with van der Waals surface area (Å²) in [5.74, 6) is -0.385. The van der Waals surface area contributed by atoms with E-state index in [-0.39, 0.29) is 6.61 Å². The Morgan fingerprint density at radius 2 is 2.26 bits per heavy atom. The van der Waals surface area contributed by atoms with Gasteiger partial charge in [0.05, 0.1) is 0 Å². The smallest absolute Gasteiger partial charge is 0.344 e. The lowest BCUT2D eigenvalue weighted by atomic mass is 10.2. The highest BCUT2D eigenvalue weighted by Gasteiger charge is 2.16. The molecule has 0 saturated heterocycles. The third-order valence-corrected chi connectivity index (χ3v) is 2.66.